The van der Waals surface area contributed by atoms with Crippen LogP contribution in [0, 0.1) is 0 Å². The molecule has 0 unspecified atom stereocenters. The topological polar surface area (TPSA) is 37.0 Å². The number of rotatable bonds is 11. The molecule has 2 nitrogen and oxygen atoms in total. The summed E-state index contributed by atoms with van der Waals surface area (Å²) < 4.78 is 0. The van der Waals surface area contributed by atoms with Crippen LogP contribution in [-0.4, -0.2) is 5.97 Å². The molecule has 0 bridgehead atoms. The third-order valence-electron chi connectivity index (χ3n) is 2.73. The zero-order valence-electron chi connectivity index (χ0n) is 10.5. The van der Waals surface area contributed by atoms with Gasteiger partial charge < -0.3 is 0 Å². The molecule has 0 atom stereocenters. The molecule has 0 saturated carbocycles. The van der Waals surface area contributed by atoms with E-state index in [1.54, 1.807) is 6.08 Å². The Morgan fingerprint density at radius 2 is 1.38 bits per heavy atom. The van der Waals surface area contributed by atoms with Crippen molar-refractivity contribution in [2.45, 2.75) is 71.1 Å². The van der Waals surface area contributed by atoms with Crippen molar-refractivity contribution in [1.82, 2.24) is 0 Å². The predicted molar refractivity (Wildman–Crippen MR) is 66.7 cm³/mol. The summed E-state index contributed by atoms with van der Waals surface area (Å²) in [6.07, 6.45) is 15.4. The van der Waals surface area contributed by atoms with Crippen LogP contribution in [0.2, 0.25) is 0 Å². The quantitative estimate of drug-likeness (QED) is 0.379. The van der Waals surface area contributed by atoms with Gasteiger partial charge in [-0.3, -0.25) is 0 Å². The van der Waals surface area contributed by atoms with Crippen LogP contribution in [0.3, 0.4) is 0 Å². The number of allylic oxidation sites excluding steroid dienone is 1. The summed E-state index contributed by atoms with van der Waals surface area (Å²) >= 11 is 0. The minimum Gasteiger partial charge on any atom is -0.242 e. The van der Waals surface area contributed by atoms with Crippen LogP contribution < -0.4 is 0 Å². The Morgan fingerprint density at radius 1 is 0.875 bits per heavy atom. The van der Waals surface area contributed by atoms with E-state index in [1.807, 2.05) is 0 Å². The molecule has 1 radical (unpaired) electrons. The summed E-state index contributed by atoms with van der Waals surface area (Å²) in [5.74, 6) is -1.09. The third-order valence-corrected chi connectivity index (χ3v) is 2.73. The molecule has 93 valence electrons. The third kappa shape index (κ3) is 13.2. The van der Waals surface area contributed by atoms with Gasteiger partial charge in [-0.25, -0.2) is 9.90 Å². The van der Waals surface area contributed by atoms with E-state index in [2.05, 4.69) is 6.92 Å². The van der Waals surface area contributed by atoms with Gasteiger partial charge in [0.1, 0.15) is 0 Å². The van der Waals surface area contributed by atoms with E-state index in [-0.39, 0.29) is 0 Å². The first-order chi connectivity index (χ1) is 7.77. The SMILES string of the molecule is CCCCCCCCCCCC=CC([O])=O. The number of unbranched alkanes of at least 4 members (excludes halogenated alkanes) is 9. The molecule has 0 aliphatic carbocycles. The van der Waals surface area contributed by atoms with Gasteiger partial charge in [-0.1, -0.05) is 64.4 Å². The molecule has 0 saturated heterocycles. The highest BCUT2D eigenvalue weighted by Gasteiger charge is 1.92. The summed E-state index contributed by atoms with van der Waals surface area (Å²) in [6.45, 7) is 2.24. The maximum absolute atomic E-state index is 10.1. The molecule has 0 heterocycles. The summed E-state index contributed by atoms with van der Waals surface area (Å²) in [5.41, 5.74) is 0. The van der Waals surface area contributed by atoms with Gasteiger partial charge in [0.2, 0.25) is 0 Å². The van der Waals surface area contributed by atoms with Gasteiger partial charge in [0.15, 0.2) is 0 Å². The standard InChI is InChI=1S/C14H25O2/c1-2-3-4-5-6-7-8-9-10-11-12-13-14(15)16/h12-13H,2-11H2,1H3. The highest BCUT2D eigenvalue weighted by atomic mass is 16.4. The van der Waals surface area contributed by atoms with Crippen molar-refractivity contribution < 1.29 is 9.90 Å². The summed E-state index contributed by atoms with van der Waals surface area (Å²) in [5, 5.41) is 10.1. The second kappa shape index (κ2) is 12.3. The van der Waals surface area contributed by atoms with Gasteiger partial charge >= 0.3 is 5.97 Å². The van der Waals surface area contributed by atoms with E-state index in [9.17, 15) is 9.90 Å². The van der Waals surface area contributed by atoms with Crippen LogP contribution in [0.15, 0.2) is 12.2 Å². The normalized spacial score (nSPS) is 11.1. The summed E-state index contributed by atoms with van der Waals surface area (Å²) in [6, 6.07) is 0. The van der Waals surface area contributed by atoms with E-state index in [4.69, 9.17) is 0 Å². The molecule has 0 N–H and O–H groups in total. The smallest absolute Gasteiger partial charge is 0.242 e. The van der Waals surface area contributed by atoms with Crippen molar-refractivity contribution in [3.63, 3.8) is 0 Å². The lowest BCUT2D eigenvalue weighted by Gasteiger charge is -2.00. The van der Waals surface area contributed by atoms with Crippen molar-refractivity contribution in [1.29, 1.82) is 0 Å². The minimum atomic E-state index is -1.09. The predicted octanol–water partition coefficient (Wildman–Crippen LogP) is 4.42. The minimum absolute atomic E-state index is 0.865. The fourth-order valence-electron chi connectivity index (χ4n) is 1.75. The molecule has 16 heavy (non-hydrogen) atoms. The zero-order chi connectivity index (χ0) is 12.1. The Morgan fingerprint density at radius 3 is 1.88 bits per heavy atom. The number of hydrogen-bond donors (Lipinski definition) is 0. The van der Waals surface area contributed by atoms with Crippen LogP contribution in [0.4, 0.5) is 0 Å². The van der Waals surface area contributed by atoms with Gasteiger partial charge in [-0.2, -0.15) is 0 Å². The molecule has 0 rings (SSSR count). The molecular formula is C14H25O2. The largest absolute Gasteiger partial charge is 0.378 e. The maximum Gasteiger partial charge on any atom is 0.378 e. The Labute approximate surface area is 99.7 Å². The number of carbonyl (C=O) groups excluding carboxylic acids is 1. The first-order valence-electron chi connectivity index (χ1n) is 6.65. The molecule has 0 spiro atoms. The Kier molecular flexibility index (Phi) is 11.7. The monoisotopic (exact) mass is 225 g/mol. The molecule has 0 amide bonds. The second-order valence-electron chi connectivity index (χ2n) is 4.34. The molecule has 2 heteroatoms. The zero-order valence-corrected chi connectivity index (χ0v) is 10.5. The Bertz CT molecular complexity index is 185. The van der Waals surface area contributed by atoms with Gasteiger partial charge in [0, 0.05) is 6.08 Å². The van der Waals surface area contributed by atoms with Crippen LogP contribution >= 0.6 is 0 Å². The van der Waals surface area contributed by atoms with Gasteiger partial charge in [-0.05, 0) is 12.8 Å². The Balaban J connectivity index is 3.01. The van der Waals surface area contributed by atoms with E-state index in [0.717, 1.165) is 18.9 Å². The van der Waals surface area contributed by atoms with Crippen LogP contribution in [0.5, 0.6) is 0 Å². The molecule has 0 aliphatic heterocycles. The van der Waals surface area contributed by atoms with E-state index >= 15 is 0 Å². The second-order valence-corrected chi connectivity index (χ2v) is 4.34. The fraction of sp³-hybridized carbons (Fsp3) is 0.786. The van der Waals surface area contributed by atoms with Crippen LogP contribution in [0.25, 0.3) is 0 Å². The molecule has 0 fully saturated rings. The van der Waals surface area contributed by atoms with E-state index in [1.165, 1.54) is 51.4 Å². The van der Waals surface area contributed by atoms with Gasteiger partial charge in [-0.15, -0.1) is 0 Å². The lowest BCUT2D eigenvalue weighted by Crippen LogP contribution is -1.83. The van der Waals surface area contributed by atoms with Crippen molar-refractivity contribution >= 4 is 5.97 Å². The lowest BCUT2D eigenvalue weighted by atomic mass is 10.1. The van der Waals surface area contributed by atoms with Crippen molar-refractivity contribution in [3.8, 4) is 0 Å². The van der Waals surface area contributed by atoms with Crippen molar-refractivity contribution in [2.24, 2.45) is 0 Å². The van der Waals surface area contributed by atoms with Gasteiger partial charge in [0.25, 0.3) is 0 Å². The van der Waals surface area contributed by atoms with Crippen LogP contribution in [-0.2, 0) is 9.90 Å². The van der Waals surface area contributed by atoms with Gasteiger partial charge in [0.05, 0.1) is 0 Å². The van der Waals surface area contributed by atoms with Crippen molar-refractivity contribution in [3.05, 3.63) is 12.2 Å². The maximum atomic E-state index is 10.1. The lowest BCUT2D eigenvalue weighted by molar-refractivity contribution is -0.137. The van der Waals surface area contributed by atoms with Crippen molar-refractivity contribution in [2.75, 3.05) is 0 Å². The molecule has 0 aromatic carbocycles. The van der Waals surface area contributed by atoms with E-state index < -0.39 is 5.97 Å². The highest BCUT2D eigenvalue weighted by Crippen LogP contribution is 2.10. The first kappa shape index (κ1) is 15.2. The number of carbonyl (C=O) groups is 1. The average molecular weight is 225 g/mol. The highest BCUT2D eigenvalue weighted by molar-refractivity contribution is 5.79. The Hall–Kier alpha value is -0.790. The fourth-order valence-corrected chi connectivity index (χ4v) is 1.75. The summed E-state index contributed by atoms with van der Waals surface area (Å²) in [4.78, 5) is 10.1. The number of hydrogen-bond acceptors (Lipinski definition) is 1. The molecular weight excluding hydrogens is 200 g/mol. The first-order valence-corrected chi connectivity index (χ1v) is 6.65. The average Bonchev–Trinajstić information content (AvgIpc) is 2.25. The molecule has 0 aromatic rings. The molecule has 0 aliphatic rings. The van der Waals surface area contributed by atoms with Crippen LogP contribution in [0.1, 0.15) is 71.1 Å². The molecule has 0 aromatic heterocycles. The van der Waals surface area contributed by atoms with E-state index in [0.29, 0.717) is 0 Å². The summed E-state index contributed by atoms with van der Waals surface area (Å²) in [7, 11) is 0.